The number of hydrogen-bond donors (Lipinski definition) is 1. The van der Waals surface area contributed by atoms with Crippen molar-refractivity contribution in [3.8, 4) is 0 Å². The van der Waals surface area contributed by atoms with Crippen LogP contribution in [0.5, 0.6) is 0 Å². The lowest BCUT2D eigenvalue weighted by Gasteiger charge is -2.31. The quantitative estimate of drug-likeness (QED) is 0.757. The minimum atomic E-state index is -0.0496. The van der Waals surface area contributed by atoms with E-state index in [4.69, 9.17) is 0 Å². The van der Waals surface area contributed by atoms with Gasteiger partial charge in [-0.05, 0) is 24.0 Å². The van der Waals surface area contributed by atoms with E-state index >= 15 is 0 Å². The van der Waals surface area contributed by atoms with E-state index in [9.17, 15) is 4.79 Å². The van der Waals surface area contributed by atoms with Crippen LogP contribution in [0.15, 0.2) is 36.4 Å². The summed E-state index contributed by atoms with van der Waals surface area (Å²) in [5.41, 5.74) is 2.63. The molecule has 94 valence electrons. The third-order valence-electron chi connectivity index (χ3n) is 3.75. The van der Waals surface area contributed by atoms with Gasteiger partial charge in [0.05, 0.1) is 6.04 Å². The van der Waals surface area contributed by atoms with Gasteiger partial charge < -0.3 is 10.2 Å². The number of benzene rings is 1. The Morgan fingerprint density at radius 3 is 2.83 bits per heavy atom. The van der Waals surface area contributed by atoms with Crippen molar-refractivity contribution in [1.29, 1.82) is 0 Å². The smallest absolute Gasteiger partial charge is 0.240 e. The molecule has 3 heteroatoms. The molecule has 0 aliphatic carbocycles. The predicted molar refractivity (Wildman–Crippen MR) is 71.1 cm³/mol. The maximum Gasteiger partial charge on any atom is 0.240 e. The van der Waals surface area contributed by atoms with Crippen LogP contribution >= 0.6 is 0 Å². The molecule has 18 heavy (non-hydrogen) atoms. The van der Waals surface area contributed by atoms with E-state index in [1.807, 2.05) is 4.90 Å². The molecule has 1 aromatic carbocycles. The molecule has 3 nitrogen and oxygen atoms in total. The molecule has 1 amide bonds. The molecule has 0 aromatic heterocycles. The minimum absolute atomic E-state index is 0.0496. The van der Waals surface area contributed by atoms with Crippen molar-refractivity contribution in [2.24, 2.45) is 0 Å². The van der Waals surface area contributed by atoms with E-state index in [2.05, 4.69) is 41.7 Å². The molecule has 0 saturated heterocycles. The summed E-state index contributed by atoms with van der Waals surface area (Å²) in [6, 6.07) is 8.32. The van der Waals surface area contributed by atoms with Crippen LogP contribution in [0.1, 0.15) is 17.5 Å². The molecule has 1 N–H and O–H groups in total. The topological polar surface area (TPSA) is 32.3 Å². The molecule has 0 bridgehead atoms. The highest BCUT2D eigenvalue weighted by molar-refractivity contribution is 5.83. The average molecular weight is 242 g/mol. The van der Waals surface area contributed by atoms with Crippen molar-refractivity contribution in [2.45, 2.75) is 25.4 Å². The average Bonchev–Trinajstić information content (AvgIpc) is 2.47. The largest absolute Gasteiger partial charge is 0.337 e. The van der Waals surface area contributed by atoms with E-state index in [1.54, 1.807) is 0 Å². The monoisotopic (exact) mass is 242 g/mol. The fraction of sp³-hybridized carbons (Fsp3) is 0.400. The lowest BCUT2D eigenvalue weighted by Crippen LogP contribution is -2.50. The molecule has 2 aliphatic heterocycles. The number of rotatable bonds is 1. The molecule has 2 aliphatic rings. The Kier molecular flexibility index (Phi) is 3.15. The summed E-state index contributed by atoms with van der Waals surface area (Å²) < 4.78 is 0. The maximum atomic E-state index is 12.4. The summed E-state index contributed by atoms with van der Waals surface area (Å²) in [5, 5.41) is 3.36. The predicted octanol–water partition coefficient (Wildman–Crippen LogP) is 1.49. The SMILES string of the molecule is O=C([C@@H]1Cc2ccccc2CN1)N1CC=CCC1. The van der Waals surface area contributed by atoms with Gasteiger partial charge in [0, 0.05) is 19.6 Å². The van der Waals surface area contributed by atoms with E-state index in [0.29, 0.717) is 0 Å². The number of carbonyl (C=O) groups is 1. The van der Waals surface area contributed by atoms with Crippen molar-refractivity contribution in [3.63, 3.8) is 0 Å². The number of amides is 1. The lowest BCUT2D eigenvalue weighted by molar-refractivity contribution is -0.133. The van der Waals surface area contributed by atoms with Crippen molar-refractivity contribution in [3.05, 3.63) is 47.5 Å². The van der Waals surface area contributed by atoms with Crippen molar-refractivity contribution >= 4 is 5.91 Å². The molecule has 0 saturated carbocycles. The van der Waals surface area contributed by atoms with Gasteiger partial charge in [-0.15, -0.1) is 0 Å². The summed E-state index contributed by atoms with van der Waals surface area (Å²) in [5.74, 6) is 0.244. The van der Waals surface area contributed by atoms with Gasteiger partial charge in [-0.2, -0.15) is 0 Å². The second-order valence-corrected chi connectivity index (χ2v) is 4.95. The minimum Gasteiger partial charge on any atom is -0.337 e. The van der Waals surface area contributed by atoms with Crippen molar-refractivity contribution < 1.29 is 4.79 Å². The highest BCUT2D eigenvalue weighted by Gasteiger charge is 2.27. The van der Waals surface area contributed by atoms with Crippen LogP contribution in [0, 0.1) is 0 Å². The zero-order valence-corrected chi connectivity index (χ0v) is 10.4. The van der Waals surface area contributed by atoms with Gasteiger partial charge in [-0.1, -0.05) is 36.4 Å². The summed E-state index contributed by atoms with van der Waals surface area (Å²) in [7, 11) is 0. The third-order valence-corrected chi connectivity index (χ3v) is 3.75. The number of nitrogens with zero attached hydrogens (tertiary/aromatic N) is 1. The van der Waals surface area contributed by atoms with Gasteiger partial charge in [0.15, 0.2) is 0 Å². The number of fused-ring (bicyclic) bond motifs is 1. The molecule has 2 heterocycles. The zero-order chi connectivity index (χ0) is 12.4. The van der Waals surface area contributed by atoms with Gasteiger partial charge in [0.1, 0.15) is 0 Å². The summed E-state index contributed by atoms with van der Waals surface area (Å²) in [6.45, 7) is 2.42. The Labute approximate surface area is 107 Å². The second-order valence-electron chi connectivity index (χ2n) is 4.95. The Morgan fingerprint density at radius 2 is 2.06 bits per heavy atom. The van der Waals surface area contributed by atoms with Crippen LogP contribution in [0.25, 0.3) is 0 Å². The standard InChI is InChI=1S/C15H18N2O/c18-15(17-8-4-1-5-9-17)14-10-12-6-2-3-7-13(12)11-16-14/h1-4,6-7,14,16H,5,8-11H2/t14-/m0/s1. The molecular formula is C15H18N2O. The molecule has 0 radical (unpaired) electrons. The van der Waals surface area contributed by atoms with Gasteiger partial charge >= 0.3 is 0 Å². The first-order valence-electron chi connectivity index (χ1n) is 6.58. The Bertz CT molecular complexity index is 481. The Hall–Kier alpha value is -1.61. The van der Waals surface area contributed by atoms with Crippen molar-refractivity contribution in [2.75, 3.05) is 13.1 Å². The Morgan fingerprint density at radius 1 is 1.22 bits per heavy atom. The molecule has 1 aromatic rings. The zero-order valence-electron chi connectivity index (χ0n) is 10.4. The fourth-order valence-electron chi connectivity index (χ4n) is 2.69. The number of nitrogens with one attached hydrogen (secondary N) is 1. The number of carbonyl (C=O) groups excluding carboxylic acids is 1. The van der Waals surface area contributed by atoms with Gasteiger partial charge in [-0.3, -0.25) is 4.79 Å². The molecular weight excluding hydrogens is 224 g/mol. The van der Waals surface area contributed by atoms with E-state index in [1.165, 1.54) is 11.1 Å². The normalized spacial score (nSPS) is 22.7. The molecule has 0 spiro atoms. The van der Waals surface area contributed by atoms with Crippen LogP contribution in [0.2, 0.25) is 0 Å². The van der Waals surface area contributed by atoms with Crippen LogP contribution in [-0.4, -0.2) is 29.9 Å². The molecule has 1 atom stereocenters. The van der Waals surface area contributed by atoms with Crippen molar-refractivity contribution in [1.82, 2.24) is 10.2 Å². The van der Waals surface area contributed by atoms with E-state index in [0.717, 1.165) is 32.5 Å². The number of hydrogen-bond acceptors (Lipinski definition) is 2. The summed E-state index contributed by atoms with van der Waals surface area (Å²) >= 11 is 0. The van der Waals surface area contributed by atoms with Gasteiger partial charge in [0.2, 0.25) is 5.91 Å². The first-order chi connectivity index (χ1) is 8.84. The second kappa shape index (κ2) is 4.94. The molecule has 0 unspecified atom stereocenters. The molecule has 3 rings (SSSR count). The van der Waals surface area contributed by atoms with E-state index < -0.39 is 0 Å². The summed E-state index contributed by atoms with van der Waals surface area (Å²) in [6.07, 6.45) is 6.02. The van der Waals surface area contributed by atoms with Gasteiger partial charge in [-0.25, -0.2) is 0 Å². The van der Waals surface area contributed by atoms with Gasteiger partial charge in [0.25, 0.3) is 0 Å². The first kappa shape index (κ1) is 11.5. The van der Waals surface area contributed by atoms with Crippen LogP contribution in [0.3, 0.4) is 0 Å². The van der Waals surface area contributed by atoms with Crippen LogP contribution in [0.4, 0.5) is 0 Å². The molecule has 0 fully saturated rings. The summed E-state index contributed by atoms with van der Waals surface area (Å²) in [4.78, 5) is 14.3. The highest BCUT2D eigenvalue weighted by atomic mass is 16.2. The third kappa shape index (κ3) is 2.18. The fourth-order valence-corrected chi connectivity index (χ4v) is 2.69. The Balaban J connectivity index is 1.72. The van der Waals surface area contributed by atoms with Crippen LogP contribution < -0.4 is 5.32 Å². The lowest BCUT2D eigenvalue weighted by atomic mass is 9.95. The maximum absolute atomic E-state index is 12.4. The van der Waals surface area contributed by atoms with Crippen LogP contribution in [-0.2, 0) is 17.8 Å². The highest BCUT2D eigenvalue weighted by Crippen LogP contribution is 2.18. The van der Waals surface area contributed by atoms with E-state index in [-0.39, 0.29) is 11.9 Å². The first-order valence-corrected chi connectivity index (χ1v) is 6.58.